The molecule has 4 rings (SSSR count). The van der Waals surface area contributed by atoms with Crippen LogP contribution in [-0.4, -0.2) is 72.0 Å². The molecule has 0 bridgehead atoms. The fourth-order valence-electron chi connectivity index (χ4n) is 3.50. The van der Waals surface area contributed by atoms with E-state index in [0.29, 0.717) is 53.4 Å². The molecule has 158 valence electrons. The quantitative estimate of drug-likeness (QED) is 0.613. The lowest BCUT2D eigenvalue weighted by molar-refractivity contribution is 0.0520. The number of rotatable bonds is 5. The van der Waals surface area contributed by atoms with Crippen molar-refractivity contribution in [3.8, 4) is 5.88 Å². The summed E-state index contributed by atoms with van der Waals surface area (Å²) in [5.74, 6) is 1.03. The largest absolute Gasteiger partial charge is 0.480 e. The summed E-state index contributed by atoms with van der Waals surface area (Å²) in [5.41, 5.74) is 0.801. The van der Waals surface area contributed by atoms with E-state index in [-0.39, 0.29) is 18.4 Å². The van der Waals surface area contributed by atoms with Crippen molar-refractivity contribution in [2.24, 2.45) is 0 Å². The van der Waals surface area contributed by atoms with Crippen LogP contribution >= 0.6 is 11.3 Å². The van der Waals surface area contributed by atoms with Crippen LogP contribution in [0.2, 0.25) is 0 Å². The van der Waals surface area contributed by atoms with Crippen LogP contribution in [0.1, 0.15) is 31.6 Å². The van der Waals surface area contributed by atoms with Crippen molar-refractivity contribution in [1.29, 1.82) is 0 Å². The first kappa shape index (κ1) is 20.3. The molecule has 4 heterocycles. The Bertz CT molecular complexity index is 1070. The first-order valence-electron chi connectivity index (χ1n) is 9.48. The lowest BCUT2D eigenvalue weighted by Gasteiger charge is -2.34. The summed E-state index contributed by atoms with van der Waals surface area (Å²) in [6, 6.07) is 3.33. The number of methoxy groups -OCH3 is 2. The third-order valence-corrected chi connectivity index (χ3v) is 6.22. The van der Waals surface area contributed by atoms with E-state index in [0.717, 1.165) is 10.9 Å². The van der Waals surface area contributed by atoms with Crippen LogP contribution in [-0.2, 0) is 11.3 Å². The maximum atomic E-state index is 13.2. The van der Waals surface area contributed by atoms with Gasteiger partial charge in [0.25, 0.3) is 11.8 Å². The topological polar surface area (TPSA) is 98.0 Å². The van der Waals surface area contributed by atoms with Gasteiger partial charge in [-0.1, -0.05) is 0 Å². The van der Waals surface area contributed by atoms with Crippen molar-refractivity contribution in [1.82, 2.24) is 19.8 Å². The summed E-state index contributed by atoms with van der Waals surface area (Å²) in [6.07, 6.45) is 1.48. The molecule has 3 aromatic heterocycles. The standard InChI is InChI=1S/C20H22N4O5S/c1-12-15-17(28-3)21-14(11-27-2)22-18(15)30-16(12)20(26)24-8-6-23(7-9-24)19(25)13-5-4-10-29-13/h4-5,10H,6-9,11H2,1-3H3. The van der Waals surface area contributed by atoms with Crippen molar-refractivity contribution < 1.29 is 23.5 Å². The van der Waals surface area contributed by atoms with Gasteiger partial charge >= 0.3 is 0 Å². The van der Waals surface area contributed by atoms with Crippen molar-refractivity contribution in [2.45, 2.75) is 13.5 Å². The molecule has 0 N–H and O–H groups in total. The van der Waals surface area contributed by atoms with Crippen molar-refractivity contribution in [2.75, 3.05) is 40.4 Å². The molecule has 30 heavy (non-hydrogen) atoms. The molecule has 1 saturated heterocycles. The summed E-state index contributed by atoms with van der Waals surface area (Å²) in [7, 11) is 3.12. The number of hydrogen-bond acceptors (Lipinski definition) is 8. The molecule has 0 unspecified atom stereocenters. The number of thiophene rings is 1. The zero-order chi connectivity index (χ0) is 21.3. The summed E-state index contributed by atoms with van der Waals surface area (Å²) < 4.78 is 15.7. The number of aromatic nitrogens is 2. The van der Waals surface area contributed by atoms with Gasteiger partial charge in [-0.2, -0.15) is 4.98 Å². The van der Waals surface area contributed by atoms with Gasteiger partial charge in [-0.25, -0.2) is 4.98 Å². The Hall–Kier alpha value is -2.98. The molecule has 0 radical (unpaired) electrons. The van der Waals surface area contributed by atoms with E-state index in [4.69, 9.17) is 13.9 Å². The number of amides is 2. The van der Waals surface area contributed by atoms with Gasteiger partial charge in [0.2, 0.25) is 5.88 Å². The van der Waals surface area contributed by atoms with E-state index >= 15 is 0 Å². The number of ether oxygens (including phenoxy) is 2. The van der Waals surface area contributed by atoms with E-state index in [1.165, 1.54) is 17.6 Å². The van der Waals surface area contributed by atoms with E-state index in [9.17, 15) is 9.59 Å². The number of carbonyl (C=O) groups is 2. The number of aryl methyl sites for hydroxylation is 1. The highest BCUT2D eigenvalue weighted by Gasteiger charge is 2.29. The molecule has 1 fully saturated rings. The smallest absolute Gasteiger partial charge is 0.289 e. The van der Waals surface area contributed by atoms with E-state index in [1.807, 2.05) is 6.92 Å². The second kappa shape index (κ2) is 8.41. The van der Waals surface area contributed by atoms with Crippen LogP contribution < -0.4 is 4.74 Å². The zero-order valence-electron chi connectivity index (χ0n) is 17.0. The minimum Gasteiger partial charge on any atom is -0.480 e. The molecule has 10 heteroatoms. The Morgan fingerprint density at radius 3 is 2.43 bits per heavy atom. The lowest BCUT2D eigenvalue weighted by Crippen LogP contribution is -2.50. The maximum Gasteiger partial charge on any atom is 0.289 e. The molecule has 1 aliphatic heterocycles. The third-order valence-electron chi connectivity index (χ3n) is 5.05. The van der Waals surface area contributed by atoms with Crippen molar-refractivity contribution in [3.63, 3.8) is 0 Å². The minimum absolute atomic E-state index is 0.0732. The molecule has 0 saturated carbocycles. The highest BCUT2D eigenvalue weighted by Crippen LogP contribution is 2.35. The fourth-order valence-corrected chi connectivity index (χ4v) is 4.66. The lowest BCUT2D eigenvalue weighted by atomic mass is 10.2. The van der Waals surface area contributed by atoms with E-state index < -0.39 is 0 Å². The Labute approximate surface area is 177 Å². The Kier molecular flexibility index (Phi) is 5.69. The van der Waals surface area contributed by atoms with Crippen LogP contribution in [0, 0.1) is 6.92 Å². The summed E-state index contributed by atoms with van der Waals surface area (Å²) in [4.78, 5) is 39.3. The van der Waals surface area contributed by atoms with Gasteiger partial charge in [-0.05, 0) is 24.6 Å². The van der Waals surface area contributed by atoms with Gasteiger partial charge in [0.05, 0.1) is 23.6 Å². The SMILES string of the molecule is COCc1nc(OC)c2c(C)c(C(=O)N3CCN(C(=O)c4ccco4)CC3)sc2n1. The van der Waals surface area contributed by atoms with Crippen LogP contribution in [0.25, 0.3) is 10.2 Å². The first-order chi connectivity index (χ1) is 14.5. The number of hydrogen-bond donors (Lipinski definition) is 0. The molecule has 2 amide bonds. The average Bonchev–Trinajstić information content (AvgIpc) is 3.41. The second-order valence-corrected chi connectivity index (χ2v) is 7.88. The summed E-state index contributed by atoms with van der Waals surface area (Å²) in [5, 5.41) is 0.748. The molecular weight excluding hydrogens is 408 g/mol. The Morgan fingerprint density at radius 2 is 1.83 bits per heavy atom. The Morgan fingerprint density at radius 1 is 1.13 bits per heavy atom. The van der Waals surface area contributed by atoms with Gasteiger partial charge in [-0.15, -0.1) is 11.3 Å². The molecule has 0 spiro atoms. The van der Waals surface area contributed by atoms with Gasteiger partial charge in [-0.3, -0.25) is 9.59 Å². The average molecular weight is 430 g/mol. The predicted octanol–water partition coefficient (Wildman–Crippen LogP) is 2.35. The monoisotopic (exact) mass is 430 g/mol. The highest BCUT2D eigenvalue weighted by molar-refractivity contribution is 7.20. The van der Waals surface area contributed by atoms with Crippen LogP contribution in [0.5, 0.6) is 5.88 Å². The Balaban J connectivity index is 1.54. The number of fused-ring (bicyclic) bond motifs is 1. The summed E-state index contributed by atoms with van der Waals surface area (Å²) >= 11 is 1.33. The van der Waals surface area contributed by atoms with E-state index in [2.05, 4.69) is 9.97 Å². The van der Waals surface area contributed by atoms with Gasteiger partial charge < -0.3 is 23.7 Å². The third kappa shape index (κ3) is 3.63. The summed E-state index contributed by atoms with van der Waals surface area (Å²) in [6.45, 7) is 3.96. The number of nitrogens with zero attached hydrogens (tertiary/aromatic N) is 4. The predicted molar refractivity (Wildman–Crippen MR) is 110 cm³/mol. The van der Waals surface area contributed by atoms with Crippen molar-refractivity contribution in [3.05, 3.63) is 40.4 Å². The molecular formula is C20H22N4O5S. The molecule has 0 aliphatic carbocycles. The van der Waals surface area contributed by atoms with Crippen LogP contribution in [0.3, 0.4) is 0 Å². The normalized spacial score (nSPS) is 14.4. The van der Waals surface area contributed by atoms with Crippen molar-refractivity contribution >= 4 is 33.4 Å². The molecule has 9 nitrogen and oxygen atoms in total. The second-order valence-electron chi connectivity index (χ2n) is 6.88. The van der Waals surface area contributed by atoms with Crippen LogP contribution in [0.4, 0.5) is 0 Å². The van der Waals surface area contributed by atoms with Crippen LogP contribution in [0.15, 0.2) is 22.8 Å². The molecule has 3 aromatic rings. The molecule has 1 aliphatic rings. The van der Waals surface area contributed by atoms with Gasteiger partial charge in [0.1, 0.15) is 11.4 Å². The fraction of sp³-hybridized carbons (Fsp3) is 0.400. The molecule has 0 aromatic carbocycles. The van der Waals surface area contributed by atoms with Gasteiger partial charge in [0, 0.05) is 33.3 Å². The number of piperazine rings is 1. The minimum atomic E-state index is -0.157. The molecule has 0 atom stereocenters. The first-order valence-corrected chi connectivity index (χ1v) is 10.3. The number of carbonyl (C=O) groups excluding carboxylic acids is 2. The maximum absolute atomic E-state index is 13.2. The van der Waals surface area contributed by atoms with Gasteiger partial charge in [0.15, 0.2) is 11.6 Å². The van der Waals surface area contributed by atoms with E-state index in [1.54, 1.807) is 36.2 Å². The zero-order valence-corrected chi connectivity index (χ0v) is 17.8. The number of furan rings is 1. The highest BCUT2D eigenvalue weighted by atomic mass is 32.1.